The first kappa shape index (κ1) is 12.6. The van der Waals surface area contributed by atoms with Gasteiger partial charge in [0.25, 0.3) is 5.56 Å². The number of amides is 1. The van der Waals surface area contributed by atoms with Crippen molar-refractivity contribution >= 4 is 23.4 Å². The van der Waals surface area contributed by atoms with Crippen LogP contribution in [-0.2, 0) is 4.74 Å². The second-order valence-electron chi connectivity index (χ2n) is 4.16. The number of hydrogen-bond acceptors (Lipinski definition) is 3. The van der Waals surface area contributed by atoms with Gasteiger partial charge in [-0.05, 0) is 26.8 Å². The van der Waals surface area contributed by atoms with Gasteiger partial charge < -0.3 is 9.72 Å². The third-order valence-electron chi connectivity index (χ3n) is 1.54. The molecule has 0 aliphatic carbocycles. The molecule has 5 nitrogen and oxygen atoms in total. The first-order valence-corrected chi connectivity index (χ1v) is 5.04. The van der Waals surface area contributed by atoms with E-state index in [9.17, 15) is 9.59 Å². The molecule has 1 aromatic rings. The molecule has 16 heavy (non-hydrogen) atoms. The maximum Gasteiger partial charge on any atom is 0.412 e. The molecule has 0 saturated heterocycles. The van der Waals surface area contributed by atoms with Gasteiger partial charge in [0.1, 0.15) is 11.3 Å². The molecule has 6 heteroatoms. The molecule has 0 aliphatic heterocycles. The van der Waals surface area contributed by atoms with E-state index in [1.54, 1.807) is 20.8 Å². The Bertz CT molecular complexity index is 448. The van der Waals surface area contributed by atoms with E-state index in [2.05, 4.69) is 10.3 Å². The number of anilines is 1. The third kappa shape index (κ3) is 3.58. The van der Waals surface area contributed by atoms with Crippen molar-refractivity contribution in [3.8, 4) is 0 Å². The van der Waals surface area contributed by atoms with Gasteiger partial charge in [0.05, 0.1) is 5.02 Å². The summed E-state index contributed by atoms with van der Waals surface area (Å²) in [4.78, 5) is 25.1. The molecule has 1 aromatic heterocycles. The van der Waals surface area contributed by atoms with Gasteiger partial charge >= 0.3 is 6.09 Å². The van der Waals surface area contributed by atoms with Crippen LogP contribution in [0.15, 0.2) is 17.1 Å². The van der Waals surface area contributed by atoms with Crippen LogP contribution >= 0.6 is 11.6 Å². The highest BCUT2D eigenvalue weighted by atomic mass is 35.5. The quantitative estimate of drug-likeness (QED) is 0.797. The molecule has 1 heterocycles. The van der Waals surface area contributed by atoms with Crippen molar-refractivity contribution in [2.24, 2.45) is 0 Å². The number of rotatable bonds is 1. The minimum absolute atomic E-state index is 0.0154. The fourth-order valence-electron chi connectivity index (χ4n) is 0.977. The third-order valence-corrected chi connectivity index (χ3v) is 1.85. The molecule has 0 aliphatic rings. The molecule has 0 unspecified atom stereocenters. The lowest BCUT2D eigenvalue weighted by molar-refractivity contribution is 0.0635. The van der Waals surface area contributed by atoms with Gasteiger partial charge in [0.2, 0.25) is 0 Å². The van der Waals surface area contributed by atoms with Gasteiger partial charge in [-0.1, -0.05) is 11.6 Å². The van der Waals surface area contributed by atoms with Crippen LogP contribution < -0.4 is 10.9 Å². The van der Waals surface area contributed by atoms with Crippen LogP contribution in [0.2, 0.25) is 5.02 Å². The summed E-state index contributed by atoms with van der Waals surface area (Å²) in [5.74, 6) is 0. The lowest BCUT2D eigenvalue weighted by Crippen LogP contribution is -2.29. The number of hydrogen-bond donors (Lipinski definition) is 2. The zero-order chi connectivity index (χ0) is 12.3. The van der Waals surface area contributed by atoms with E-state index < -0.39 is 17.3 Å². The summed E-state index contributed by atoms with van der Waals surface area (Å²) in [5, 5.41) is 2.46. The topological polar surface area (TPSA) is 71.2 Å². The van der Waals surface area contributed by atoms with Crippen LogP contribution in [-0.4, -0.2) is 16.7 Å². The van der Waals surface area contributed by atoms with Crippen molar-refractivity contribution in [1.29, 1.82) is 0 Å². The van der Waals surface area contributed by atoms with Crippen molar-refractivity contribution in [2.45, 2.75) is 26.4 Å². The maximum atomic E-state index is 11.4. The molecular weight excluding hydrogens is 232 g/mol. The second-order valence-corrected chi connectivity index (χ2v) is 4.56. The Morgan fingerprint density at radius 3 is 2.62 bits per heavy atom. The first-order chi connectivity index (χ1) is 7.29. The van der Waals surface area contributed by atoms with Gasteiger partial charge in [-0.25, -0.2) is 4.79 Å². The summed E-state index contributed by atoms with van der Waals surface area (Å²) in [6.45, 7) is 5.18. The van der Waals surface area contributed by atoms with E-state index in [0.29, 0.717) is 0 Å². The fraction of sp³-hybridized carbons (Fsp3) is 0.400. The Kier molecular flexibility index (Phi) is 3.59. The van der Waals surface area contributed by atoms with Gasteiger partial charge in [-0.2, -0.15) is 0 Å². The predicted molar refractivity (Wildman–Crippen MR) is 61.9 cm³/mol. The summed E-state index contributed by atoms with van der Waals surface area (Å²) < 4.78 is 4.99. The molecule has 0 fully saturated rings. The highest BCUT2D eigenvalue weighted by Gasteiger charge is 2.18. The van der Waals surface area contributed by atoms with E-state index in [-0.39, 0.29) is 10.7 Å². The average molecular weight is 245 g/mol. The summed E-state index contributed by atoms with van der Waals surface area (Å²) >= 11 is 5.75. The number of aromatic nitrogens is 1. The van der Waals surface area contributed by atoms with Crippen LogP contribution in [0.4, 0.5) is 10.5 Å². The SMILES string of the molecule is CC(C)(C)OC(=O)Nc1c(Cl)cc[nH]c1=O. The molecule has 0 bridgehead atoms. The van der Waals surface area contributed by atoms with E-state index in [4.69, 9.17) is 16.3 Å². The predicted octanol–water partition coefficient (Wildman–Crippen LogP) is 2.38. The first-order valence-electron chi connectivity index (χ1n) is 4.67. The number of carbonyl (C=O) groups is 1. The van der Waals surface area contributed by atoms with Gasteiger partial charge in [-0.15, -0.1) is 0 Å². The molecule has 1 rings (SSSR count). The Morgan fingerprint density at radius 2 is 2.12 bits per heavy atom. The van der Waals surface area contributed by atoms with E-state index in [1.165, 1.54) is 12.3 Å². The monoisotopic (exact) mass is 244 g/mol. The minimum Gasteiger partial charge on any atom is -0.444 e. The molecule has 0 radical (unpaired) electrons. The summed E-state index contributed by atoms with van der Waals surface area (Å²) in [5.41, 5.74) is -1.12. The van der Waals surface area contributed by atoms with Crippen LogP contribution in [0.1, 0.15) is 20.8 Å². The van der Waals surface area contributed by atoms with E-state index in [1.807, 2.05) is 0 Å². The van der Waals surface area contributed by atoms with Gasteiger partial charge in [-0.3, -0.25) is 10.1 Å². The molecule has 1 amide bonds. The smallest absolute Gasteiger partial charge is 0.412 e. The van der Waals surface area contributed by atoms with Crippen molar-refractivity contribution in [1.82, 2.24) is 4.98 Å². The number of pyridine rings is 1. The maximum absolute atomic E-state index is 11.4. The van der Waals surface area contributed by atoms with Crippen molar-refractivity contribution in [3.05, 3.63) is 27.6 Å². The Balaban J connectivity index is 2.82. The molecule has 0 atom stereocenters. The highest BCUT2D eigenvalue weighted by Crippen LogP contribution is 2.16. The largest absolute Gasteiger partial charge is 0.444 e. The Hall–Kier alpha value is -1.49. The Labute approximate surface area is 97.8 Å². The normalized spacial score (nSPS) is 11.0. The average Bonchev–Trinajstić information content (AvgIpc) is 2.08. The van der Waals surface area contributed by atoms with Crippen LogP contribution in [0.25, 0.3) is 0 Å². The van der Waals surface area contributed by atoms with E-state index in [0.717, 1.165) is 0 Å². The standard InChI is InChI=1S/C10H13ClN2O3/c1-10(2,3)16-9(15)13-7-6(11)4-5-12-8(7)14/h4-5H,1-3H3,(H,12,14)(H,13,15). The molecular formula is C10H13ClN2O3. The minimum atomic E-state index is -0.717. The van der Waals surface area contributed by atoms with Crippen LogP contribution in [0.5, 0.6) is 0 Å². The molecule has 2 N–H and O–H groups in total. The molecule has 88 valence electrons. The Morgan fingerprint density at radius 1 is 1.50 bits per heavy atom. The molecule has 0 saturated carbocycles. The number of halogens is 1. The van der Waals surface area contributed by atoms with Gasteiger partial charge in [0.15, 0.2) is 0 Å². The number of nitrogens with one attached hydrogen (secondary N) is 2. The number of carbonyl (C=O) groups excluding carboxylic acids is 1. The summed E-state index contributed by atoms with van der Waals surface area (Å²) in [6.07, 6.45) is 0.677. The summed E-state index contributed by atoms with van der Waals surface area (Å²) in [6, 6.07) is 1.47. The van der Waals surface area contributed by atoms with Crippen molar-refractivity contribution in [3.63, 3.8) is 0 Å². The molecule has 0 aromatic carbocycles. The van der Waals surface area contributed by atoms with Gasteiger partial charge in [0, 0.05) is 6.20 Å². The lowest BCUT2D eigenvalue weighted by Gasteiger charge is -2.19. The van der Waals surface area contributed by atoms with E-state index >= 15 is 0 Å². The van der Waals surface area contributed by atoms with Crippen molar-refractivity contribution < 1.29 is 9.53 Å². The summed E-state index contributed by atoms with van der Waals surface area (Å²) in [7, 11) is 0. The van der Waals surface area contributed by atoms with Crippen LogP contribution in [0, 0.1) is 0 Å². The number of H-pyrrole nitrogens is 1. The lowest BCUT2D eigenvalue weighted by atomic mass is 10.2. The molecule has 0 spiro atoms. The second kappa shape index (κ2) is 4.57. The zero-order valence-electron chi connectivity index (χ0n) is 9.26. The fourth-order valence-corrected chi connectivity index (χ4v) is 1.17. The van der Waals surface area contributed by atoms with Crippen molar-refractivity contribution in [2.75, 3.05) is 5.32 Å². The van der Waals surface area contributed by atoms with Crippen LogP contribution in [0.3, 0.4) is 0 Å². The number of aromatic amines is 1. The zero-order valence-corrected chi connectivity index (χ0v) is 10.0. The number of ether oxygens (including phenoxy) is 1. The highest BCUT2D eigenvalue weighted by molar-refractivity contribution is 6.33.